The van der Waals surface area contributed by atoms with Gasteiger partial charge in [0.05, 0.1) is 20.8 Å². The summed E-state index contributed by atoms with van der Waals surface area (Å²) in [5.74, 6) is 0.356. The lowest BCUT2D eigenvalue weighted by Gasteiger charge is -2.36. The van der Waals surface area contributed by atoms with Crippen LogP contribution in [0.3, 0.4) is 0 Å². The van der Waals surface area contributed by atoms with Gasteiger partial charge in [-0.3, -0.25) is 9.69 Å². The van der Waals surface area contributed by atoms with Crippen LogP contribution in [0.1, 0.15) is 20.3 Å². The molecule has 0 bridgehead atoms. The fraction of sp³-hybridized carbons (Fsp3) is 0.600. The van der Waals surface area contributed by atoms with Crippen molar-refractivity contribution in [3.05, 3.63) is 24.3 Å². The van der Waals surface area contributed by atoms with Gasteiger partial charge in [0.1, 0.15) is 11.8 Å². The number of hydrogen-bond donors (Lipinski definition) is 1. The fourth-order valence-electron chi connectivity index (χ4n) is 3.18. The number of ether oxygens (including phenoxy) is 2. The third-order valence-electron chi connectivity index (χ3n) is 5.16. The van der Waals surface area contributed by atoms with Crippen molar-refractivity contribution in [2.45, 2.75) is 26.3 Å². The van der Waals surface area contributed by atoms with Crippen molar-refractivity contribution >= 4 is 17.6 Å². The number of carbonyl (C=O) groups excluding carboxylic acids is 2. The predicted octanol–water partition coefficient (Wildman–Crippen LogP) is 1.52. The van der Waals surface area contributed by atoms with Gasteiger partial charge in [0.25, 0.3) is 0 Å². The molecule has 27 heavy (non-hydrogen) atoms. The fourth-order valence-corrected chi connectivity index (χ4v) is 3.18. The first-order chi connectivity index (χ1) is 13.0. The number of esters is 1. The van der Waals surface area contributed by atoms with Gasteiger partial charge in [0, 0.05) is 31.9 Å². The van der Waals surface area contributed by atoms with E-state index in [0.29, 0.717) is 6.54 Å². The Bertz CT molecular complexity index is 612. The molecule has 0 aromatic heterocycles. The molecule has 2 atom stereocenters. The van der Waals surface area contributed by atoms with Crippen LogP contribution in [0.25, 0.3) is 0 Å². The maximum Gasteiger partial charge on any atom is 0.328 e. The molecule has 1 saturated heterocycles. The molecule has 1 heterocycles. The van der Waals surface area contributed by atoms with Gasteiger partial charge in [-0.1, -0.05) is 20.3 Å². The number of nitrogens with zero attached hydrogens (tertiary/aromatic N) is 2. The van der Waals surface area contributed by atoms with E-state index in [1.165, 1.54) is 7.11 Å². The zero-order valence-electron chi connectivity index (χ0n) is 16.7. The Morgan fingerprint density at radius 3 is 2.26 bits per heavy atom. The molecule has 0 radical (unpaired) electrons. The zero-order valence-corrected chi connectivity index (χ0v) is 16.7. The smallest absolute Gasteiger partial charge is 0.328 e. The Labute approximate surface area is 161 Å². The van der Waals surface area contributed by atoms with Crippen LogP contribution >= 0.6 is 0 Å². The van der Waals surface area contributed by atoms with Crippen LogP contribution in [-0.4, -0.2) is 69.8 Å². The van der Waals surface area contributed by atoms with E-state index in [1.54, 1.807) is 7.11 Å². The van der Waals surface area contributed by atoms with Gasteiger partial charge < -0.3 is 19.7 Å². The SMILES string of the molecule is CC[C@@H](C)[C@H](NC(=O)CN1CCN(c2ccc(OC)cc2)CC1)C(=O)OC. The summed E-state index contributed by atoms with van der Waals surface area (Å²) >= 11 is 0. The van der Waals surface area contributed by atoms with E-state index in [-0.39, 0.29) is 17.8 Å². The van der Waals surface area contributed by atoms with Crippen LogP contribution in [0.2, 0.25) is 0 Å². The van der Waals surface area contributed by atoms with E-state index in [2.05, 4.69) is 15.1 Å². The summed E-state index contributed by atoms with van der Waals surface area (Å²) in [5, 5.41) is 2.84. The van der Waals surface area contributed by atoms with Gasteiger partial charge >= 0.3 is 5.97 Å². The highest BCUT2D eigenvalue weighted by Crippen LogP contribution is 2.20. The van der Waals surface area contributed by atoms with Gasteiger partial charge in [0.2, 0.25) is 5.91 Å². The largest absolute Gasteiger partial charge is 0.497 e. The van der Waals surface area contributed by atoms with Crippen molar-refractivity contribution < 1.29 is 19.1 Å². The molecule has 1 fully saturated rings. The van der Waals surface area contributed by atoms with E-state index in [9.17, 15) is 9.59 Å². The Morgan fingerprint density at radius 2 is 1.74 bits per heavy atom. The van der Waals surface area contributed by atoms with Gasteiger partial charge in [-0.15, -0.1) is 0 Å². The molecule has 1 aromatic rings. The second-order valence-electron chi connectivity index (χ2n) is 6.92. The Kier molecular flexibility index (Phi) is 7.91. The van der Waals surface area contributed by atoms with Crippen LogP contribution in [0.4, 0.5) is 5.69 Å². The normalized spacial score (nSPS) is 17.1. The second-order valence-corrected chi connectivity index (χ2v) is 6.92. The summed E-state index contributed by atoms with van der Waals surface area (Å²) in [6.45, 7) is 7.52. The van der Waals surface area contributed by atoms with Crippen molar-refractivity contribution in [1.82, 2.24) is 10.2 Å². The first kappa shape index (κ1) is 21.0. The molecule has 0 unspecified atom stereocenters. The van der Waals surface area contributed by atoms with E-state index in [0.717, 1.165) is 44.0 Å². The molecule has 0 saturated carbocycles. The number of piperazine rings is 1. The zero-order chi connectivity index (χ0) is 19.8. The van der Waals surface area contributed by atoms with E-state index in [1.807, 2.05) is 38.1 Å². The van der Waals surface area contributed by atoms with Gasteiger partial charge in [0.15, 0.2) is 0 Å². The number of carbonyl (C=O) groups is 2. The lowest BCUT2D eigenvalue weighted by molar-refractivity contribution is -0.146. The summed E-state index contributed by atoms with van der Waals surface area (Å²) in [7, 11) is 3.01. The Morgan fingerprint density at radius 1 is 1.11 bits per heavy atom. The molecule has 0 aliphatic carbocycles. The summed E-state index contributed by atoms with van der Waals surface area (Å²) < 4.78 is 10.0. The van der Waals surface area contributed by atoms with Crippen molar-refractivity contribution in [2.75, 3.05) is 51.8 Å². The van der Waals surface area contributed by atoms with Crippen molar-refractivity contribution in [2.24, 2.45) is 5.92 Å². The standard InChI is InChI=1S/C20H31N3O4/c1-5-15(2)19(20(25)27-4)21-18(24)14-22-10-12-23(13-11-22)16-6-8-17(26-3)9-7-16/h6-9,15,19H,5,10-14H2,1-4H3,(H,21,24)/t15-,19+/m1/s1. The van der Waals surface area contributed by atoms with Gasteiger partial charge in [-0.2, -0.15) is 0 Å². The minimum absolute atomic E-state index is 0.0355. The number of hydrogen-bond acceptors (Lipinski definition) is 6. The summed E-state index contributed by atoms with van der Waals surface area (Å²) in [5.41, 5.74) is 1.16. The van der Waals surface area contributed by atoms with Crippen molar-refractivity contribution in [1.29, 1.82) is 0 Å². The third-order valence-corrected chi connectivity index (χ3v) is 5.16. The van der Waals surface area contributed by atoms with Crippen LogP contribution in [0, 0.1) is 5.92 Å². The molecule has 1 N–H and O–H groups in total. The molecular weight excluding hydrogens is 346 g/mol. The predicted molar refractivity (Wildman–Crippen MR) is 105 cm³/mol. The summed E-state index contributed by atoms with van der Waals surface area (Å²) in [6.07, 6.45) is 0.792. The average molecular weight is 377 g/mol. The van der Waals surface area contributed by atoms with Crippen LogP contribution < -0.4 is 15.0 Å². The molecule has 1 amide bonds. The molecular formula is C20H31N3O4. The van der Waals surface area contributed by atoms with Gasteiger partial charge in [-0.05, 0) is 30.2 Å². The molecule has 1 aromatic carbocycles. The Balaban J connectivity index is 1.83. The summed E-state index contributed by atoms with van der Waals surface area (Å²) in [4.78, 5) is 28.7. The lowest BCUT2D eigenvalue weighted by Crippen LogP contribution is -2.52. The maximum absolute atomic E-state index is 12.4. The lowest BCUT2D eigenvalue weighted by atomic mass is 9.99. The highest BCUT2D eigenvalue weighted by molar-refractivity contribution is 5.85. The highest BCUT2D eigenvalue weighted by Gasteiger charge is 2.27. The maximum atomic E-state index is 12.4. The monoisotopic (exact) mass is 377 g/mol. The molecule has 7 nitrogen and oxygen atoms in total. The van der Waals surface area contributed by atoms with E-state index < -0.39 is 6.04 Å². The summed E-state index contributed by atoms with van der Waals surface area (Å²) in [6, 6.07) is 7.42. The third kappa shape index (κ3) is 5.85. The number of benzene rings is 1. The van der Waals surface area contributed by atoms with Crippen molar-refractivity contribution in [3.63, 3.8) is 0 Å². The van der Waals surface area contributed by atoms with Crippen LogP contribution in [0.5, 0.6) is 5.75 Å². The molecule has 0 spiro atoms. The minimum atomic E-state index is -0.590. The van der Waals surface area contributed by atoms with E-state index >= 15 is 0 Å². The molecule has 2 rings (SSSR count). The molecule has 150 valence electrons. The van der Waals surface area contributed by atoms with E-state index in [4.69, 9.17) is 9.47 Å². The molecule has 1 aliphatic heterocycles. The first-order valence-corrected chi connectivity index (χ1v) is 9.47. The quantitative estimate of drug-likeness (QED) is 0.693. The average Bonchev–Trinajstić information content (AvgIpc) is 2.71. The van der Waals surface area contributed by atoms with Crippen LogP contribution in [-0.2, 0) is 14.3 Å². The number of anilines is 1. The first-order valence-electron chi connectivity index (χ1n) is 9.47. The topological polar surface area (TPSA) is 71.1 Å². The highest BCUT2D eigenvalue weighted by atomic mass is 16.5. The number of methoxy groups -OCH3 is 2. The number of rotatable bonds is 8. The van der Waals surface area contributed by atoms with Gasteiger partial charge in [-0.25, -0.2) is 4.79 Å². The molecule has 1 aliphatic rings. The van der Waals surface area contributed by atoms with Crippen LogP contribution in [0.15, 0.2) is 24.3 Å². The number of nitrogens with one attached hydrogen (secondary N) is 1. The van der Waals surface area contributed by atoms with Crippen molar-refractivity contribution in [3.8, 4) is 5.75 Å². The number of amides is 1. The molecule has 7 heteroatoms. The second kappa shape index (κ2) is 10.2. The minimum Gasteiger partial charge on any atom is -0.497 e. The Hall–Kier alpha value is -2.28.